The van der Waals surface area contributed by atoms with Gasteiger partial charge in [-0.3, -0.25) is 9.59 Å². The number of piperazine rings is 1. The summed E-state index contributed by atoms with van der Waals surface area (Å²) in [7, 11) is 0. The molecule has 1 saturated heterocycles. The van der Waals surface area contributed by atoms with Gasteiger partial charge in [0, 0.05) is 49.4 Å². The number of hydrogen-bond donors (Lipinski definition) is 0. The molecule has 9 nitrogen and oxygen atoms in total. The van der Waals surface area contributed by atoms with Crippen LogP contribution in [0.5, 0.6) is 11.5 Å². The van der Waals surface area contributed by atoms with Crippen LogP contribution in [0, 0.1) is 13.8 Å². The van der Waals surface area contributed by atoms with Crippen LogP contribution in [-0.4, -0.2) is 75.1 Å². The molecule has 6 rings (SSSR count). The van der Waals surface area contributed by atoms with E-state index < -0.39 is 6.10 Å². The van der Waals surface area contributed by atoms with Crippen molar-refractivity contribution in [3.05, 3.63) is 65.5 Å². The van der Waals surface area contributed by atoms with Crippen molar-refractivity contribution in [1.82, 2.24) is 24.4 Å². The van der Waals surface area contributed by atoms with E-state index in [9.17, 15) is 9.59 Å². The van der Waals surface area contributed by atoms with E-state index in [0.29, 0.717) is 50.5 Å². The van der Waals surface area contributed by atoms with E-state index in [1.807, 2.05) is 65.7 Å². The molecular formula is C28H29N5O4. The van der Waals surface area contributed by atoms with Crippen LogP contribution in [0.15, 0.2) is 48.5 Å². The van der Waals surface area contributed by atoms with Gasteiger partial charge >= 0.3 is 0 Å². The molecule has 0 radical (unpaired) electrons. The van der Waals surface area contributed by atoms with Crippen LogP contribution < -0.4 is 9.47 Å². The van der Waals surface area contributed by atoms with E-state index in [-0.39, 0.29) is 18.4 Å². The number of para-hydroxylation sites is 2. The topological polar surface area (TPSA) is 89.3 Å². The number of carbonyl (C=O) groups is 2. The Morgan fingerprint density at radius 1 is 0.946 bits per heavy atom. The lowest BCUT2D eigenvalue weighted by molar-refractivity contribution is -0.146. The summed E-state index contributed by atoms with van der Waals surface area (Å²) < 4.78 is 13.5. The summed E-state index contributed by atoms with van der Waals surface area (Å²) >= 11 is 0. The van der Waals surface area contributed by atoms with Gasteiger partial charge in [0.15, 0.2) is 17.1 Å². The summed E-state index contributed by atoms with van der Waals surface area (Å²) in [5.41, 5.74) is 4.75. The maximum absolute atomic E-state index is 13.0. The van der Waals surface area contributed by atoms with Gasteiger partial charge in [-0.15, -0.1) is 0 Å². The number of amides is 2. The molecule has 0 saturated carbocycles. The van der Waals surface area contributed by atoms with Gasteiger partial charge in [-0.25, -0.2) is 9.50 Å². The normalized spacial score (nSPS) is 17.4. The molecular weight excluding hydrogens is 470 g/mol. The van der Waals surface area contributed by atoms with Gasteiger partial charge < -0.3 is 19.3 Å². The monoisotopic (exact) mass is 499 g/mol. The summed E-state index contributed by atoms with van der Waals surface area (Å²) in [6.45, 7) is 6.21. The maximum atomic E-state index is 13.0. The van der Waals surface area contributed by atoms with Crippen LogP contribution in [0.3, 0.4) is 0 Å². The van der Waals surface area contributed by atoms with E-state index in [4.69, 9.17) is 19.6 Å². The van der Waals surface area contributed by atoms with Crippen molar-refractivity contribution in [1.29, 1.82) is 0 Å². The van der Waals surface area contributed by atoms with Crippen molar-refractivity contribution in [2.24, 2.45) is 0 Å². The Morgan fingerprint density at radius 3 is 2.46 bits per heavy atom. The summed E-state index contributed by atoms with van der Waals surface area (Å²) in [5.74, 6) is 1.23. The van der Waals surface area contributed by atoms with Crippen LogP contribution in [0.25, 0.3) is 16.6 Å². The minimum absolute atomic E-state index is 0.0859. The van der Waals surface area contributed by atoms with E-state index in [2.05, 4.69) is 0 Å². The predicted molar refractivity (Wildman–Crippen MR) is 138 cm³/mol. The van der Waals surface area contributed by atoms with E-state index in [0.717, 1.165) is 33.5 Å². The second-order valence-corrected chi connectivity index (χ2v) is 9.58. The van der Waals surface area contributed by atoms with Gasteiger partial charge in [0.2, 0.25) is 12.0 Å². The first-order chi connectivity index (χ1) is 18.0. The number of aryl methyl sites for hydroxylation is 2. The summed E-state index contributed by atoms with van der Waals surface area (Å²) in [5, 5.41) is 5.74. The van der Waals surface area contributed by atoms with Crippen molar-refractivity contribution in [2.45, 2.75) is 32.8 Å². The molecule has 0 spiro atoms. The average Bonchev–Trinajstić information content (AvgIpc) is 3.31. The lowest BCUT2D eigenvalue weighted by Crippen LogP contribution is -2.55. The number of carbonyl (C=O) groups excluding carboxylic acids is 2. The fourth-order valence-corrected chi connectivity index (χ4v) is 5.25. The predicted octanol–water partition coefficient (Wildman–Crippen LogP) is 2.94. The number of nitrogens with zero attached hydrogens (tertiary/aromatic N) is 5. The first kappa shape index (κ1) is 23.3. The van der Waals surface area contributed by atoms with E-state index in [1.54, 1.807) is 11.0 Å². The van der Waals surface area contributed by atoms with Crippen LogP contribution >= 0.6 is 0 Å². The molecule has 2 aliphatic rings. The van der Waals surface area contributed by atoms with Gasteiger partial charge in [-0.1, -0.05) is 24.3 Å². The Hall–Kier alpha value is -4.14. The average molecular weight is 500 g/mol. The lowest BCUT2D eigenvalue weighted by atomic mass is 10.1. The third kappa shape index (κ3) is 4.24. The highest BCUT2D eigenvalue weighted by Gasteiger charge is 2.33. The Morgan fingerprint density at radius 2 is 1.65 bits per heavy atom. The molecule has 1 fully saturated rings. The number of aromatic nitrogens is 3. The van der Waals surface area contributed by atoms with Gasteiger partial charge in [0.05, 0.1) is 5.52 Å². The molecule has 2 amide bonds. The van der Waals surface area contributed by atoms with Crippen molar-refractivity contribution in [2.75, 3.05) is 32.8 Å². The Labute approximate surface area is 214 Å². The van der Waals surface area contributed by atoms with Crippen molar-refractivity contribution < 1.29 is 19.1 Å². The molecule has 2 aromatic heterocycles. The summed E-state index contributed by atoms with van der Waals surface area (Å²) in [6.07, 6.45) is 0.325. The molecule has 0 N–H and O–H groups in total. The summed E-state index contributed by atoms with van der Waals surface area (Å²) in [6, 6.07) is 15.3. The highest BCUT2D eigenvalue weighted by Crippen LogP contribution is 2.31. The standard InChI is InChI=1S/C28H29N5O4/c1-18-20(19(2)33-27(29-18)21-7-3-4-8-22(21)30-33)11-12-26(34)31-13-15-32(16-14-31)28(35)25-17-36-23-9-5-6-10-24(23)37-25/h3-10,25H,11-17H2,1-2H3. The van der Waals surface area contributed by atoms with Gasteiger partial charge in [0.1, 0.15) is 6.61 Å². The molecule has 1 unspecified atom stereocenters. The Kier molecular flexibility index (Phi) is 5.90. The first-order valence-electron chi connectivity index (χ1n) is 12.7. The molecule has 4 aromatic rings. The van der Waals surface area contributed by atoms with Crippen LogP contribution in [0.4, 0.5) is 0 Å². The van der Waals surface area contributed by atoms with Crippen LogP contribution in [-0.2, 0) is 16.0 Å². The largest absolute Gasteiger partial charge is 0.485 e. The summed E-state index contributed by atoms with van der Waals surface area (Å²) in [4.78, 5) is 34.5. The number of benzene rings is 2. The smallest absolute Gasteiger partial charge is 0.267 e. The van der Waals surface area contributed by atoms with E-state index >= 15 is 0 Å². The molecule has 2 aromatic carbocycles. The second kappa shape index (κ2) is 9.38. The fraction of sp³-hybridized carbons (Fsp3) is 0.357. The van der Waals surface area contributed by atoms with Gasteiger partial charge in [-0.2, -0.15) is 5.10 Å². The minimum atomic E-state index is -0.663. The Balaban J connectivity index is 1.07. The van der Waals surface area contributed by atoms with Gasteiger partial charge in [-0.05, 0) is 50.1 Å². The van der Waals surface area contributed by atoms with Gasteiger partial charge in [0.25, 0.3) is 5.91 Å². The van der Waals surface area contributed by atoms with Crippen LogP contribution in [0.2, 0.25) is 0 Å². The number of rotatable bonds is 4. The zero-order valence-corrected chi connectivity index (χ0v) is 21.0. The van der Waals surface area contributed by atoms with Crippen molar-refractivity contribution in [3.8, 4) is 11.5 Å². The minimum Gasteiger partial charge on any atom is -0.485 e. The van der Waals surface area contributed by atoms with Crippen molar-refractivity contribution >= 4 is 28.4 Å². The Bertz CT molecular complexity index is 1510. The molecule has 9 heteroatoms. The molecule has 4 heterocycles. The maximum Gasteiger partial charge on any atom is 0.267 e. The first-order valence-corrected chi connectivity index (χ1v) is 12.7. The molecule has 0 aliphatic carbocycles. The van der Waals surface area contributed by atoms with E-state index in [1.165, 1.54) is 0 Å². The molecule has 37 heavy (non-hydrogen) atoms. The number of ether oxygens (including phenoxy) is 2. The third-order valence-corrected chi connectivity index (χ3v) is 7.34. The third-order valence-electron chi connectivity index (χ3n) is 7.34. The molecule has 190 valence electrons. The number of fused-ring (bicyclic) bond motifs is 4. The lowest BCUT2D eigenvalue weighted by Gasteiger charge is -2.37. The highest BCUT2D eigenvalue weighted by atomic mass is 16.6. The zero-order chi connectivity index (χ0) is 25.5. The van der Waals surface area contributed by atoms with Crippen LogP contribution in [0.1, 0.15) is 23.4 Å². The quantitative estimate of drug-likeness (QED) is 0.429. The zero-order valence-electron chi connectivity index (χ0n) is 21.0. The molecule has 1 atom stereocenters. The fourth-order valence-electron chi connectivity index (χ4n) is 5.25. The molecule has 2 aliphatic heterocycles. The number of hydrogen-bond acceptors (Lipinski definition) is 6. The van der Waals surface area contributed by atoms with Crippen molar-refractivity contribution in [3.63, 3.8) is 0 Å². The molecule has 0 bridgehead atoms. The SMILES string of the molecule is Cc1nc2c3ccccc3nn2c(C)c1CCC(=O)N1CCN(C(=O)C2COc3ccccc3O2)CC1. The highest BCUT2D eigenvalue weighted by molar-refractivity contribution is 5.92. The second-order valence-electron chi connectivity index (χ2n) is 9.58.